The zero-order valence-electron chi connectivity index (χ0n) is 25.1. The molecule has 0 radical (unpaired) electrons. The van der Waals surface area contributed by atoms with Gasteiger partial charge in [-0.2, -0.15) is 0 Å². The molecule has 0 spiro atoms. The summed E-state index contributed by atoms with van der Waals surface area (Å²) in [4.78, 5) is 28.8. The molecule has 5 heterocycles. The van der Waals surface area contributed by atoms with E-state index >= 15 is 0 Å². The average Bonchev–Trinajstić information content (AvgIpc) is 3.81. The molecule has 3 aliphatic rings. The monoisotopic (exact) mass is 566 g/mol. The van der Waals surface area contributed by atoms with Crippen LogP contribution in [0.4, 0.5) is 0 Å². The molecule has 1 saturated carbocycles. The Bertz CT molecular complexity index is 1530. The first-order valence-corrected chi connectivity index (χ1v) is 16.4. The number of allylic oxidation sites excluding steroid dienone is 1. The van der Waals surface area contributed by atoms with Crippen LogP contribution in [-0.2, 0) is 9.53 Å². The second kappa shape index (κ2) is 13.6. The van der Waals surface area contributed by atoms with E-state index in [4.69, 9.17) is 9.73 Å². The molecule has 8 bridgehead atoms. The number of carbonyl (C=O) groups is 1. The van der Waals surface area contributed by atoms with Crippen molar-refractivity contribution in [1.82, 2.24) is 15.0 Å². The highest BCUT2D eigenvalue weighted by Gasteiger charge is 2.34. The van der Waals surface area contributed by atoms with Crippen LogP contribution < -0.4 is 10.7 Å². The molecule has 3 aromatic rings. The maximum Gasteiger partial charge on any atom is 0.306 e. The highest BCUT2D eigenvalue weighted by atomic mass is 16.5. The minimum absolute atomic E-state index is 0.0629. The fraction of sp³-hybridized carbons (Fsp3) is 0.500. The zero-order chi connectivity index (χ0) is 28.7. The fourth-order valence-corrected chi connectivity index (χ4v) is 6.76. The van der Waals surface area contributed by atoms with E-state index in [0.717, 1.165) is 59.2 Å². The van der Waals surface area contributed by atoms with Gasteiger partial charge in [-0.3, -0.25) is 9.79 Å². The Morgan fingerprint density at radius 3 is 2.29 bits per heavy atom. The Morgan fingerprint density at radius 1 is 0.786 bits per heavy atom. The van der Waals surface area contributed by atoms with Gasteiger partial charge in [0.05, 0.1) is 17.4 Å². The number of nitrogens with zero attached hydrogens (tertiary/aromatic N) is 1. The Hall–Kier alpha value is -3.54. The van der Waals surface area contributed by atoms with Crippen LogP contribution in [0.15, 0.2) is 53.0 Å². The number of esters is 1. The van der Waals surface area contributed by atoms with Gasteiger partial charge >= 0.3 is 5.97 Å². The molecule has 6 nitrogen and oxygen atoms in total. The van der Waals surface area contributed by atoms with Gasteiger partial charge < -0.3 is 19.7 Å². The number of hydrogen-bond acceptors (Lipinski definition) is 3. The molecule has 1 fully saturated rings. The van der Waals surface area contributed by atoms with E-state index in [1.165, 1.54) is 69.1 Å². The molecule has 3 aromatic heterocycles. The molecule has 1 aliphatic carbocycles. The lowest BCUT2D eigenvalue weighted by Crippen LogP contribution is -2.15. The summed E-state index contributed by atoms with van der Waals surface area (Å²) in [5, 5.41) is 2.09. The summed E-state index contributed by atoms with van der Waals surface area (Å²) in [5.74, 6) is 0.107. The number of fused-ring (bicyclic) bond motifs is 8. The summed E-state index contributed by atoms with van der Waals surface area (Å²) in [5.41, 5.74) is 6.44. The van der Waals surface area contributed by atoms with Crippen molar-refractivity contribution in [3.8, 4) is 0 Å². The minimum atomic E-state index is -0.503. The molecule has 222 valence electrons. The molecule has 0 saturated heterocycles. The molecule has 6 rings (SSSR count). The van der Waals surface area contributed by atoms with Crippen molar-refractivity contribution in [3.63, 3.8) is 0 Å². The van der Waals surface area contributed by atoms with Crippen molar-refractivity contribution in [1.29, 1.82) is 0 Å². The van der Waals surface area contributed by atoms with E-state index in [1.54, 1.807) is 0 Å². The molecule has 0 amide bonds. The molecule has 6 heteroatoms. The maximum atomic E-state index is 13.1. The van der Waals surface area contributed by atoms with Gasteiger partial charge in [-0.1, -0.05) is 77.2 Å². The molecule has 3 atom stereocenters. The predicted molar refractivity (Wildman–Crippen MR) is 170 cm³/mol. The van der Waals surface area contributed by atoms with Gasteiger partial charge in [-0.05, 0) is 73.4 Å². The largest absolute Gasteiger partial charge is 0.449 e. The SMILES string of the molecule is CCCCCCCCCCCCCC(=O)OC1c2ccc([nH]2)C=c2ccc([nH]2)=CC2C=C3CCC(C3=N2)c2ccc1[nH]2. The van der Waals surface area contributed by atoms with E-state index in [2.05, 4.69) is 64.4 Å². The summed E-state index contributed by atoms with van der Waals surface area (Å²) in [7, 11) is 0. The topological polar surface area (TPSA) is 86.0 Å². The van der Waals surface area contributed by atoms with Gasteiger partial charge in [0, 0.05) is 40.1 Å². The Morgan fingerprint density at radius 2 is 1.48 bits per heavy atom. The predicted octanol–water partition coefficient (Wildman–Crippen LogP) is 7.25. The third-order valence-electron chi connectivity index (χ3n) is 9.05. The molecule has 0 aromatic carbocycles. The molecular weight excluding hydrogens is 520 g/mol. The summed E-state index contributed by atoms with van der Waals surface area (Å²) >= 11 is 0. The van der Waals surface area contributed by atoms with Crippen molar-refractivity contribution in [2.24, 2.45) is 4.99 Å². The summed E-state index contributed by atoms with van der Waals surface area (Å²) in [6.45, 7) is 2.27. The van der Waals surface area contributed by atoms with Gasteiger partial charge in [0.25, 0.3) is 0 Å². The molecule has 3 N–H and O–H groups in total. The lowest BCUT2D eigenvalue weighted by Gasteiger charge is -2.17. The number of unbranched alkanes of at least 4 members (excludes halogenated alkanes) is 10. The second-order valence-electron chi connectivity index (χ2n) is 12.4. The number of rotatable bonds is 13. The van der Waals surface area contributed by atoms with E-state index in [-0.39, 0.29) is 17.9 Å². The number of ether oxygens (including phenoxy) is 1. The Labute approximate surface area is 249 Å². The van der Waals surface area contributed by atoms with Crippen LogP contribution in [0.2, 0.25) is 0 Å². The highest BCUT2D eigenvalue weighted by molar-refractivity contribution is 6.08. The van der Waals surface area contributed by atoms with Gasteiger partial charge in [-0.25, -0.2) is 0 Å². The van der Waals surface area contributed by atoms with E-state index < -0.39 is 6.10 Å². The van der Waals surface area contributed by atoms with E-state index in [0.29, 0.717) is 6.42 Å². The average molecular weight is 567 g/mol. The molecular formula is C36H46N4O2. The van der Waals surface area contributed by atoms with Crippen molar-refractivity contribution in [2.45, 2.75) is 115 Å². The number of hydrogen-bond donors (Lipinski definition) is 3. The number of nitrogens with one attached hydrogen (secondary N) is 3. The summed E-state index contributed by atoms with van der Waals surface area (Å²) < 4.78 is 6.18. The third kappa shape index (κ3) is 6.91. The van der Waals surface area contributed by atoms with Gasteiger partial charge in [0.1, 0.15) is 0 Å². The van der Waals surface area contributed by atoms with Gasteiger partial charge in [-0.15, -0.1) is 0 Å². The second-order valence-corrected chi connectivity index (χ2v) is 12.4. The first kappa shape index (κ1) is 28.6. The fourth-order valence-electron chi connectivity index (χ4n) is 6.76. The molecule has 42 heavy (non-hydrogen) atoms. The van der Waals surface area contributed by atoms with Crippen LogP contribution in [0.5, 0.6) is 0 Å². The number of carbonyl (C=O) groups excluding carboxylic acids is 1. The van der Waals surface area contributed by atoms with Crippen molar-refractivity contribution >= 4 is 23.8 Å². The first-order valence-electron chi connectivity index (χ1n) is 16.4. The van der Waals surface area contributed by atoms with E-state index in [9.17, 15) is 4.79 Å². The molecule has 2 aliphatic heterocycles. The number of aromatic nitrogens is 3. The smallest absolute Gasteiger partial charge is 0.306 e. The Balaban J connectivity index is 1.12. The number of aromatic amines is 3. The normalized spacial score (nSPS) is 20.5. The molecule has 3 unspecified atom stereocenters. The summed E-state index contributed by atoms with van der Waals surface area (Å²) in [6, 6.07) is 12.6. The lowest BCUT2D eigenvalue weighted by atomic mass is 10.0. The minimum Gasteiger partial charge on any atom is -0.449 e. The van der Waals surface area contributed by atoms with Crippen LogP contribution >= 0.6 is 0 Å². The van der Waals surface area contributed by atoms with Gasteiger partial charge in [0.2, 0.25) is 0 Å². The zero-order valence-corrected chi connectivity index (χ0v) is 25.1. The van der Waals surface area contributed by atoms with Crippen LogP contribution in [-0.4, -0.2) is 32.7 Å². The standard InChI is InChI=1S/C36H46N4O2/c1-2-3-4-5-6-7-8-9-10-11-12-13-34(41)42-36-32-19-17-28(38-32)23-26-15-16-27(37-26)24-29-22-25-14-18-30(35(25)39-29)31-20-21-33(36)40-31/h15-17,19-24,29-30,36-38,40H,2-14,18H2,1H3. The highest BCUT2D eigenvalue weighted by Crippen LogP contribution is 2.40. The number of H-pyrrole nitrogens is 3. The van der Waals surface area contributed by atoms with Crippen molar-refractivity contribution < 1.29 is 9.53 Å². The van der Waals surface area contributed by atoms with Crippen LogP contribution in [0.25, 0.3) is 12.2 Å². The number of aliphatic imine (C=N–C) groups is 1. The first-order chi connectivity index (χ1) is 20.7. The van der Waals surface area contributed by atoms with Crippen LogP contribution in [0.3, 0.4) is 0 Å². The van der Waals surface area contributed by atoms with Crippen molar-refractivity contribution in [3.05, 3.63) is 81.5 Å². The summed E-state index contributed by atoms with van der Waals surface area (Å²) in [6.07, 6.45) is 22.5. The van der Waals surface area contributed by atoms with Crippen molar-refractivity contribution in [2.75, 3.05) is 0 Å². The van der Waals surface area contributed by atoms with E-state index in [1.807, 2.05) is 12.1 Å². The van der Waals surface area contributed by atoms with Crippen LogP contribution in [0, 0.1) is 0 Å². The quantitative estimate of drug-likeness (QED) is 0.150. The maximum absolute atomic E-state index is 13.1. The Kier molecular flexibility index (Phi) is 9.27. The third-order valence-corrected chi connectivity index (χ3v) is 9.05. The lowest BCUT2D eigenvalue weighted by molar-refractivity contribution is -0.148. The van der Waals surface area contributed by atoms with Crippen LogP contribution in [0.1, 0.15) is 132 Å². The van der Waals surface area contributed by atoms with Gasteiger partial charge in [0.15, 0.2) is 6.10 Å².